The monoisotopic (exact) mass is 399 g/mol. The van der Waals surface area contributed by atoms with Crippen LogP contribution in [0.1, 0.15) is 21.7 Å². The molecule has 0 radical (unpaired) electrons. The van der Waals surface area contributed by atoms with Gasteiger partial charge in [0, 0.05) is 11.6 Å². The Morgan fingerprint density at radius 3 is 2.71 bits per heavy atom. The molecule has 142 valence electrons. The molecule has 0 spiro atoms. The van der Waals surface area contributed by atoms with Crippen molar-refractivity contribution >= 4 is 29.4 Å². The Bertz CT molecular complexity index is 1060. The maximum atomic E-state index is 12.0. The Morgan fingerprint density at radius 2 is 2.04 bits per heavy atom. The summed E-state index contributed by atoms with van der Waals surface area (Å²) in [6.45, 7) is 1.65. The van der Waals surface area contributed by atoms with Gasteiger partial charge in [0.05, 0.1) is 28.0 Å². The Labute approximate surface area is 164 Å². The number of hydrogen-bond donors (Lipinski definition) is 1. The third-order valence-corrected chi connectivity index (χ3v) is 4.03. The lowest BCUT2D eigenvalue weighted by atomic mass is 10.2. The zero-order valence-electron chi connectivity index (χ0n) is 14.6. The Kier molecular flexibility index (Phi) is 5.71. The standard InChI is InChI=1S/C19H14ClN3O5/c1-12-14(8-9-27-12)19(24)22-21-11-13-6-7-18(16(10-13)23(25)26)28-17-5-3-2-4-15(17)20/h2-11H,1H3,(H,22,24)/b21-11-. The van der Waals surface area contributed by atoms with Gasteiger partial charge in [0.1, 0.15) is 11.5 Å². The molecule has 9 heteroatoms. The molecule has 0 aliphatic heterocycles. The molecule has 0 saturated carbocycles. The zero-order valence-corrected chi connectivity index (χ0v) is 15.3. The number of halogens is 1. The van der Waals surface area contributed by atoms with Crippen LogP contribution in [0.2, 0.25) is 5.02 Å². The molecule has 1 aromatic heterocycles. The highest BCUT2D eigenvalue weighted by atomic mass is 35.5. The van der Waals surface area contributed by atoms with Crippen LogP contribution in [-0.2, 0) is 0 Å². The summed E-state index contributed by atoms with van der Waals surface area (Å²) in [5.74, 6) is 0.352. The van der Waals surface area contributed by atoms with Gasteiger partial charge >= 0.3 is 5.69 Å². The number of aryl methyl sites for hydroxylation is 1. The van der Waals surface area contributed by atoms with Gasteiger partial charge < -0.3 is 9.15 Å². The molecule has 1 amide bonds. The van der Waals surface area contributed by atoms with Crippen LogP contribution in [0.15, 0.2) is 64.3 Å². The molecular formula is C19H14ClN3O5. The van der Waals surface area contributed by atoms with Gasteiger partial charge in [0.15, 0.2) is 0 Å². The minimum Gasteiger partial charge on any atom is -0.469 e. The van der Waals surface area contributed by atoms with Crippen LogP contribution in [0.5, 0.6) is 11.5 Å². The Balaban J connectivity index is 1.77. The first kappa shape index (κ1) is 19.1. The first-order chi connectivity index (χ1) is 13.5. The molecule has 0 bridgehead atoms. The number of para-hydroxylation sites is 1. The van der Waals surface area contributed by atoms with Crippen LogP contribution in [0, 0.1) is 17.0 Å². The molecule has 1 N–H and O–H groups in total. The number of ether oxygens (including phenoxy) is 1. The van der Waals surface area contributed by atoms with E-state index in [1.54, 1.807) is 37.3 Å². The number of nitrogens with one attached hydrogen (secondary N) is 1. The predicted molar refractivity (Wildman–Crippen MR) is 103 cm³/mol. The van der Waals surface area contributed by atoms with E-state index in [2.05, 4.69) is 10.5 Å². The number of rotatable bonds is 6. The second-order valence-electron chi connectivity index (χ2n) is 5.61. The summed E-state index contributed by atoms with van der Waals surface area (Å²) in [7, 11) is 0. The van der Waals surface area contributed by atoms with Crippen molar-refractivity contribution in [3.8, 4) is 11.5 Å². The minimum atomic E-state index is -0.572. The Morgan fingerprint density at radius 1 is 1.25 bits per heavy atom. The molecule has 0 aliphatic carbocycles. The quantitative estimate of drug-likeness (QED) is 0.367. The van der Waals surface area contributed by atoms with Crippen LogP contribution in [0.25, 0.3) is 0 Å². The molecule has 0 saturated heterocycles. The summed E-state index contributed by atoms with van der Waals surface area (Å²) in [6, 6.07) is 12.5. The number of carbonyl (C=O) groups excluding carboxylic acids is 1. The van der Waals surface area contributed by atoms with E-state index in [1.165, 1.54) is 30.7 Å². The van der Waals surface area contributed by atoms with Crippen LogP contribution in [-0.4, -0.2) is 17.0 Å². The van der Waals surface area contributed by atoms with Crippen molar-refractivity contribution in [1.82, 2.24) is 5.43 Å². The second kappa shape index (κ2) is 8.36. The number of nitro benzene ring substituents is 1. The van der Waals surface area contributed by atoms with Gasteiger partial charge in [-0.25, -0.2) is 5.43 Å². The molecule has 2 aromatic carbocycles. The fourth-order valence-corrected chi connectivity index (χ4v) is 2.51. The summed E-state index contributed by atoms with van der Waals surface area (Å²) >= 11 is 6.03. The van der Waals surface area contributed by atoms with E-state index in [-0.39, 0.29) is 11.4 Å². The molecule has 0 fully saturated rings. The van der Waals surface area contributed by atoms with Crippen molar-refractivity contribution in [3.63, 3.8) is 0 Å². The predicted octanol–water partition coefficient (Wildman–Crippen LogP) is 4.71. The van der Waals surface area contributed by atoms with Crippen molar-refractivity contribution in [2.24, 2.45) is 5.10 Å². The number of nitro groups is 1. The molecule has 3 rings (SSSR count). The van der Waals surface area contributed by atoms with Crippen molar-refractivity contribution in [1.29, 1.82) is 0 Å². The number of hydrazone groups is 1. The number of hydrogen-bond acceptors (Lipinski definition) is 6. The molecular weight excluding hydrogens is 386 g/mol. The summed E-state index contributed by atoms with van der Waals surface area (Å²) in [4.78, 5) is 22.8. The third-order valence-electron chi connectivity index (χ3n) is 3.72. The lowest BCUT2D eigenvalue weighted by molar-refractivity contribution is -0.385. The van der Waals surface area contributed by atoms with Crippen LogP contribution >= 0.6 is 11.6 Å². The molecule has 28 heavy (non-hydrogen) atoms. The normalized spacial score (nSPS) is 10.8. The zero-order chi connectivity index (χ0) is 20.1. The van der Waals surface area contributed by atoms with E-state index < -0.39 is 10.8 Å². The molecule has 3 aromatic rings. The van der Waals surface area contributed by atoms with E-state index in [9.17, 15) is 14.9 Å². The molecule has 8 nitrogen and oxygen atoms in total. The number of carbonyl (C=O) groups is 1. The lowest BCUT2D eigenvalue weighted by Crippen LogP contribution is -2.17. The Hall–Kier alpha value is -3.65. The SMILES string of the molecule is Cc1occc1C(=O)N/N=C\c1ccc(Oc2ccccc2Cl)c([N+](=O)[O-])c1. The average molecular weight is 400 g/mol. The van der Waals surface area contributed by atoms with Crippen LogP contribution in [0.3, 0.4) is 0 Å². The number of benzene rings is 2. The number of nitrogens with zero attached hydrogens (tertiary/aromatic N) is 2. The highest BCUT2D eigenvalue weighted by Crippen LogP contribution is 2.35. The van der Waals surface area contributed by atoms with E-state index in [0.29, 0.717) is 27.7 Å². The average Bonchev–Trinajstić information content (AvgIpc) is 3.10. The van der Waals surface area contributed by atoms with E-state index in [4.69, 9.17) is 20.8 Å². The maximum absolute atomic E-state index is 12.0. The highest BCUT2D eigenvalue weighted by molar-refractivity contribution is 6.32. The largest absolute Gasteiger partial charge is 0.469 e. The van der Waals surface area contributed by atoms with Gasteiger partial charge in [-0.05, 0) is 37.3 Å². The van der Waals surface area contributed by atoms with E-state index >= 15 is 0 Å². The van der Waals surface area contributed by atoms with Gasteiger partial charge in [0.25, 0.3) is 5.91 Å². The second-order valence-corrected chi connectivity index (χ2v) is 6.01. The summed E-state index contributed by atoms with van der Waals surface area (Å²) in [5.41, 5.74) is 2.83. The first-order valence-corrected chi connectivity index (χ1v) is 8.42. The van der Waals surface area contributed by atoms with Gasteiger partial charge in [-0.1, -0.05) is 23.7 Å². The van der Waals surface area contributed by atoms with E-state index in [0.717, 1.165) is 0 Å². The van der Waals surface area contributed by atoms with Gasteiger partial charge in [-0.15, -0.1) is 0 Å². The van der Waals surface area contributed by atoms with Gasteiger partial charge in [-0.2, -0.15) is 5.10 Å². The van der Waals surface area contributed by atoms with Gasteiger partial charge in [0.2, 0.25) is 5.75 Å². The minimum absolute atomic E-state index is 0.0355. The topological polar surface area (TPSA) is 107 Å². The van der Waals surface area contributed by atoms with E-state index in [1.807, 2.05) is 0 Å². The summed E-state index contributed by atoms with van der Waals surface area (Å²) < 4.78 is 10.6. The molecule has 0 aliphatic rings. The maximum Gasteiger partial charge on any atom is 0.312 e. The molecule has 0 unspecified atom stereocenters. The fraction of sp³-hybridized carbons (Fsp3) is 0.0526. The van der Waals surface area contributed by atoms with Crippen LogP contribution in [0.4, 0.5) is 5.69 Å². The lowest BCUT2D eigenvalue weighted by Gasteiger charge is -2.08. The first-order valence-electron chi connectivity index (χ1n) is 8.04. The molecule has 0 atom stereocenters. The third kappa shape index (κ3) is 4.36. The van der Waals surface area contributed by atoms with Crippen molar-refractivity contribution < 1.29 is 18.9 Å². The van der Waals surface area contributed by atoms with Crippen molar-refractivity contribution in [3.05, 3.63) is 86.8 Å². The smallest absolute Gasteiger partial charge is 0.312 e. The molecule has 1 heterocycles. The van der Waals surface area contributed by atoms with Gasteiger partial charge in [-0.3, -0.25) is 14.9 Å². The summed E-state index contributed by atoms with van der Waals surface area (Å²) in [6.07, 6.45) is 2.69. The summed E-state index contributed by atoms with van der Waals surface area (Å²) in [5, 5.41) is 15.5. The highest BCUT2D eigenvalue weighted by Gasteiger charge is 2.17. The fourth-order valence-electron chi connectivity index (χ4n) is 2.34. The van der Waals surface area contributed by atoms with Crippen molar-refractivity contribution in [2.45, 2.75) is 6.92 Å². The van der Waals surface area contributed by atoms with Crippen molar-refractivity contribution in [2.75, 3.05) is 0 Å². The number of amides is 1. The number of furan rings is 1. The van der Waals surface area contributed by atoms with Crippen LogP contribution < -0.4 is 10.2 Å².